The maximum atomic E-state index is 10.9. The number of hydrogen-bond donors (Lipinski definition) is 2. The van der Waals surface area contributed by atoms with E-state index in [1.54, 1.807) is 0 Å². The van der Waals surface area contributed by atoms with Crippen molar-refractivity contribution >= 4 is 5.97 Å². The van der Waals surface area contributed by atoms with E-state index in [9.17, 15) is 4.79 Å². The van der Waals surface area contributed by atoms with Crippen LogP contribution in [0.2, 0.25) is 0 Å². The Bertz CT molecular complexity index is 421. The molecule has 1 aromatic rings. The second kappa shape index (κ2) is 6.20. The molecule has 0 radical (unpaired) electrons. The molecule has 0 fully saturated rings. The summed E-state index contributed by atoms with van der Waals surface area (Å²) in [5, 5.41) is 8.93. The maximum Gasteiger partial charge on any atom is 0.303 e. The van der Waals surface area contributed by atoms with Crippen molar-refractivity contribution < 1.29 is 9.90 Å². The lowest BCUT2D eigenvalue weighted by atomic mass is 9.78. The fraction of sp³-hybridized carbons (Fsp3) is 0.562. The van der Waals surface area contributed by atoms with Gasteiger partial charge in [0.15, 0.2) is 0 Å². The first kappa shape index (κ1) is 15.7. The minimum absolute atomic E-state index is 0.0713. The van der Waals surface area contributed by atoms with Crippen LogP contribution < -0.4 is 5.73 Å². The summed E-state index contributed by atoms with van der Waals surface area (Å²) in [5.41, 5.74) is 8.05. The van der Waals surface area contributed by atoms with Crippen molar-refractivity contribution in [1.82, 2.24) is 0 Å². The van der Waals surface area contributed by atoms with Crippen LogP contribution in [0, 0.1) is 11.3 Å². The molecule has 0 aliphatic carbocycles. The van der Waals surface area contributed by atoms with Gasteiger partial charge < -0.3 is 10.8 Å². The zero-order valence-corrected chi connectivity index (χ0v) is 12.3. The molecule has 0 heterocycles. The summed E-state index contributed by atoms with van der Waals surface area (Å²) in [7, 11) is 0. The molecule has 0 saturated carbocycles. The molecule has 0 aromatic heterocycles. The fourth-order valence-corrected chi connectivity index (χ4v) is 2.28. The van der Waals surface area contributed by atoms with Crippen LogP contribution >= 0.6 is 0 Å². The summed E-state index contributed by atoms with van der Waals surface area (Å²) >= 11 is 0. The molecular weight excluding hydrogens is 238 g/mol. The Hall–Kier alpha value is -1.35. The molecule has 0 spiro atoms. The molecule has 0 aliphatic heterocycles. The lowest BCUT2D eigenvalue weighted by Gasteiger charge is -2.30. The molecule has 106 valence electrons. The third kappa shape index (κ3) is 4.67. The van der Waals surface area contributed by atoms with Crippen molar-refractivity contribution in [3.8, 4) is 0 Å². The van der Waals surface area contributed by atoms with Gasteiger partial charge in [-0.15, -0.1) is 0 Å². The number of rotatable bonds is 6. The SMILES string of the molecule is CC(C)Cc1ccc(C(N)C(C)(C)CC(=O)O)cc1. The highest BCUT2D eigenvalue weighted by Gasteiger charge is 2.30. The molecule has 3 N–H and O–H groups in total. The van der Waals surface area contributed by atoms with Crippen LogP contribution in [-0.2, 0) is 11.2 Å². The molecule has 3 heteroatoms. The molecule has 0 amide bonds. The Morgan fingerprint density at radius 3 is 2.21 bits per heavy atom. The number of carboxylic acids is 1. The summed E-state index contributed by atoms with van der Waals surface area (Å²) in [6, 6.07) is 7.95. The Morgan fingerprint density at radius 1 is 1.26 bits per heavy atom. The average molecular weight is 263 g/mol. The van der Waals surface area contributed by atoms with Gasteiger partial charge in [0.1, 0.15) is 0 Å². The molecule has 19 heavy (non-hydrogen) atoms. The van der Waals surface area contributed by atoms with E-state index in [1.165, 1.54) is 5.56 Å². The van der Waals surface area contributed by atoms with E-state index in [4.69, 9.17) is 10.8 Å². The predicted octanol–water partition coefficient (Wildman–Crippen LogP) is 3.39. The zero-order chi connectivity index (χ0) is 14.6. The summed E-state index contributed by atoms with van der Waals surface area (Å²) in [5.74, 6) is -0.181. The van der Waals surface area contributed by atoms with Crippen LogP contribution in [0.1, 0.15) is 51.3 Å². The van der Waals surface area contributed by atoms with Crippen LogP contribution in [0.15, 0.2) is 24.3 Å². The van der Waals surface area contributed by atoms with E-state index in [-0.39, 0.29) is 12.5 Å². The monoisotopic (exact) mass is 263 g/mol. The Labute approximate surface area is 115 Å². The molecule has 0 bridgehead atoms. The van der Waals surface area contributed by atoms with Crippen molar-refractivity contribution in [3.05, 3.63) is 35.4 Å². The van der Waals surface area contributed by atoms with Gasteiger partial charge in [-0.05, 0) is 28.9 Å². The van der Waals surface area contributed by atoms with Crippen LogP contribution in [0.3, 0.4) is 0 Å². The predicted molar refractivity (Wildman–Crippen MR) is 77.9 cm³/mol. The fourth-order valence-electron chi connectivity index (χ4n) is 2.28. The van der Waals surface area contributed by atoms with E-state index in [0.717, 1.165) is 12.0 Å². The summed E-state index contributed by atoms with van der Waals surface area (Å²) in [6.07, 6.45) is 1.12. The minimum atomic E-state index is -0.808. The number of carbonyl (C=O) groups is 1. The van der Waals surface area contributed by atoms with Gasteiger partial charge in [0, 0.05) is 6.04 Å². The Kier molecular flexibility index (Phi) is 5.12. The highest BCUT2D eigenvalue weighted by Crippen LogP contribution is 2.34. The van der Waals surface area contributed by atoms with Crippen LogP contribution in [0.5, 0.6) is 0 Å². The van der Waals surface area contributed by atoms with Crippen molar-refractivity contribution in [3.63, 3.8) is 0 Å². The number of hydrogen-bond acceptors (Lipinski definition) is 2. The van der Waals surface area contributed by atoms with Crippen LogP contribution in [0.4, 0.5) is 0 Å². The molecule has 1 unspecified atom stereocenters. The Balaban J connectivity index is 2.82. The van der Waals surface area contributed by atoms with Gasteiger partial charge in [-0.2, -0.15) is 0 Å². The summed E-state index contributed by atoms with van der Waals surface area (Å²) in [6.45, 7) is 8.17. The second-order valence-electron chi connectivity index (χ2n) is 6.38. The van der Waals surface area contributed by atoms with E-state index in [0.29, 0.717) is 5.92 Å². The van der Waals surface area contributed by atoms with Gasteiger partial charge in [-0.3, -0.25) is 4.79 Å². The van der Waals surface area contributed by atoms with E-state index >= 15 is 0 Å². The van der Waals surface area contributed by atoms with Crippen LogP contribution in [-0.4, -0.2) is 11.1 Å². The third-order valence-electron chi connectivity index (χ3n) is 3.43. The van der Waals surface area contributed by atoms with Gasteiger partial charge in [0.25, 0.3) is 0 Å². The molecule has 1 rings (SSSR count). The standard InChI is InChI=1S/C16H25NO2/c1-11(2)9-12-5-7-13(8-6-12)15(17)16(3,4)10-14(18)19/h5-8,11,15H,9-10,17H2,1-4H3,(H,18,19). The molecular formula is C16H25NO2. The first-order valence-electron chi connectivity index (χ1n) is 6.78. The highest BCUT2D eigenvalue weighted by molar-refractivity contribution is 5.67. The largest absolute Gasteiger partial charge is 0.481 e. The second-order valence-corrected chi connectivity index (χ2v) is 6.38. The lowest BCUT2D eigenvalue weighted by Crippen LogP contribution is -2.31. The van der Waals surface area contributed by atoms with Crippen molar-refractivity contribution in [1.29, 1.82) is 0 Å². The van der Waals surface area contributed by atoms with Crippen molar-refractivity contribution in [2.75, 3.05) is 0 Å². The van der Waals surface area contributed by atoms with Crippen molar-refractivity contribution in [2.24, 2.45) is 17.1 Å². The highest BCUT2D eigenvalue weighted by atomic mass is 16.4. The summed E-state index contributed by atoms with van der Waals surface area (Å²) < 4.78 is 0. The number of nitrogens with two attached hydrogens (primary N) is 1. The molecule has 3 nitrogen and oxygen atoms in total. The number of aliphatic carboxylic acids is 1. The average Bonchev–Trinajstić information content (AvgIpc) is 2.26. The smallest absolute Gasteiger partial charge is 0.303 e. The topological polar surface area (TPSA) is 63.3 Å². The van der Waals surface area contributed by atoms with Gasteiger partial charge in [0.05, 0.1) is 6.42 Å². The third-order valence-corrected chi connectivity index (χ3v) is 3.43. The van der Waals surface area contributed by atoms with Gasteiger partial charge in [0.2, 0.25) is 0 Å². The zero-order valence-electron chi connectivity index (χ0n) is 12.3. The van der Waals surface area contributed by atoms with E-state index in [1.807, 2.05) is 26.0 Å². The lowest BCUT2D eigenvalue weighted by molar-refractivity contribution is -0.139. The Morgan fingerprint density at radius 2 is 1.79 bits per heavy atom. The quantitative estimate of drug-likeness (QED) is 0.827. The normalized spacial score (nSPS) is 13.6. The maximum absolute atomic E-state index is 10.9. The first-order valence-corrected chi connectivity index (χ1v) is 6.78. The van der Waals surface area contributed by atoms with Crippen LogP contribution in [0.25, 0.3) is 0 Å². The molecule has 0 saturated heterocycles. The van der Waals surface area contributed by atoms with Gasteiger partial charge >= 0.3 is 5.97 Å². The molecule has 1 atom stereocenters. The van der Waals surface area contributed by atoms with Crippen molar-refractivity contribution in [2.45, 2.75) is 46.6 Å². The molecule has 1 aromatic carbocycles. The minimum Gasteiger partial charge on any atom is -0.481 e. The van der Waals surface area contributed by atoms with E-state index < -0.39 is 11.4 Å². The van der Waals surface area contributed by atoms with E-state index in [2.05, 4.69) is 26.0 Å². The first-order chi connectivity index (χ1) is 8.72. The molecule has 0 aliphatic rings. The number of benzene rings is 1. The number of carboxylic acid groups (broad SMARTS) is 1. The summed E-state index contributed by atoms with van der Waals surface area (Å²) in [4.78, 5) is 10.9. The van der Waals surface area contributed by atoms with Gasteiger partial charge in [-0.1, -0.05) is 52.0 Å². The van der Waals surface area contributed by atoms with Gasteiger partial charge in [-0.25, -0.2) is 0 Å².